The van der Waals surface area contributed by atoms with Gasteiger partial charge in [0.25, 0.3) is 0 Å². The smallest absolute Gasteiger partial charge is 0.407 e. The van der Waals surface area contributed by atoms with Crippen molar-refractivity contribution in [2.24, 2.45) is 11.8 Å². The third-order valence-corrected chi connectivity index (χ3v) is 3.77. The topological polar surface area (TPSA) is 62.1 Å². The summed E-state index contributed by atoms with van der Waals surface area (Å²) in [6, 6.07) is 12.0. The first-order valence-corrected chi connectivity index (χ1v) is 8.01. The molecular weight excluding hydrogens is 276 g/mol. The molecule has 22 heavy (non-hydrogen) atoms. The molecule has 1 aromatic rings. The van der Waals surface area contributed by atoms with Crippen molar-refractivity contribution >= 4 is 6.09 Å². The summed E-state index contributed by atoms with van der Waals surface area (Å²) in [5.41, 5.74) is 0.968. The molecule has 2 atom stereocenters. The van der Waals surface area contributed by atoms with Crippen LogP contribution < -0.4 is 5.32 Å². The number of ether oxygens (including phenoxy) is 1. The van der Waals surface area contributed by atoms with E-state index in [2.05, 4.69) is 25.2 Å². The third-order valence-electron chi connectivity index (χ3n) is 3.77. The van der Waals surface area contributed by atoms with E-state index in [1.807, 2.05) is 30.3 Å². The monoisotopic (exact) mass is 302 g/mol. The van der Waals surface area contributed by atoms with Gasteiger partial charge in [-0.15, -0.1) is 0 Å². The molecule has 0 aromatic heterocycles. The van der Waals surface area contributed by atoms with Crippen molar-refractivity contribution in [2.45, 2.75) is 46.1 Å². The van der Waals surface area contributed by atoms with Gasteiger partial charge in [0.2, 0.25) is 0 Å². The second kappa shape index (κ2) is 10.7. The maximum absolute atomic E-state index is 11.6. The molecule has 0 aliphatic rings. The van der Waals surface area contributed by atoms with Crippen molar-refractivity contribution in [3.8, 4) is 6.07 Å². The van der Waals surface area contributed by atoms with Gasteiger partial charge in [-0.1, -0.05) is 50.6 Å². The lowest BCUT2D eigenvalue weighted by atomic mass is 9.88. The Bertz CT molecular complexity index is 468. The molecule has 0 spiro atoms. The number of hydrogen-bond acceptors (Lipinski definition) is 3. The molecule has 4 nitrogen and oxygen atoms in total. The molecule has 120 valence electrons. The van der Waals surface area contributed by atoms with Gasteiger partial charge in [0.1, 0.15) is 6.61 Å². The van der Waals surface area contributed by atoms with Crippen LogP contribution in [0, 0.1) is 23.2 Å². The van der Waals surface area contributed by atoms with E-state index in [0.717, 1.165) is 31.2 Å². The summed E-state index contributed by atoms with van der Waals surface area (Å²) in [7, 11) is 0. The van der Waals surface area contributed by atoms with Gasteiger partial charge in [-0.2, -0.15) is 5.26 Å². The first-order chi connectivity index (χ1) is 10.7. The number of carbonyl (C=O) groups excluding carboxylic acids is 1. The molecule has 0 aliphatic heterocycles. The summed E-state index contributed by atoms with van der Waals surface area (Å²) < 4.78 is 5.13. The van der Waals surface area contributed by atoms with Crippen molar-refractivity contribution in [3.63, 3.8) is 0 Å². The molecule has 1 aromatic carbocycles. The number of nitrogens with one attached hydrogen (secondary N) is 1. The van der Waals surface area contributed by atoms with E-state index in [-0.39, 0.29) is 12.5 Å². The summed E-state index contributed by atoms with van der Waals surface area (Å²) in [4.78, 5) is 11.6. The molecule has 0 saturated carbocycles. The van der Waals surface area contributed by atoms with E-state index in [4.69, 9.17) is 4.74 Å². The number of alkyl carbamates (subject to hydrolysis) is 1. The van der Waals surface area contributed by atoms with E-state index < -0.39 is 6.09 Å². The number of carbonyl (C=O) groups is 1. The normalized spacial score (nSPS) is 13.0. The number of nitrogens with zero attached hydrogens (tertiary/aromatic N) is 1. The lowest BCUT2D eigenvalue weighted by Gasteiger charge is -2.16. The molecule has 0 unspecified atom stereocenters. The summed E-state index contributed by atoms with van der Waals surface area (Å²) in [6.45, 7) is 5.08. The van der Waals surface area contributed by atoms with E-state index in [1.54, 1.807) is 0 Å². The molecule has 0 radical (unpaired) electrons. The second-order valence-corrected chi connectivity index (χ2v) is 5.63. The van der Waals surface area contributed by atoms with Crippen LogP contribution in [0.15, 0.2) is 30.3 Å². The number of rotatable bonds is 9. The van der Waals surface area contributed by atoms with Crippen LogP contribution >= 0.6 is 0 Å². The van der Waals surface area contributed by atoms with Crippen LogP contribution in [0.2, 0.25) is 0 Å². The van der Waals surface area contributed by atoms with Gasteiger partial charge in [0.05, 0.1) is 6.07 Å². The minimum absolute atomic E-state index is 0.0714. The zero-order chi connectivity index (χ0) is 16.2. The Hall–Kier alpha value is -2.02. The van der Waals surface area contributed by atoms with Crippen LogP contribution in [0.5, 0.6) is 0 Å². The van der Waals surface area contributed by atoms with Gasteiger partial charge in [-0.05, 0) is 30.7 Å². The molecular formula is C18H26N2O2. The fourth-order valence-corrected chi connectivity index (χ4v) is 2.42. The Labute approximate surface area is 133 Å². The summed E-state index contributed by atoms with van der Waals surface area (Å²) >= 11 is 0. The van der Waals surface area contributed by atoms with Crippen LogP contribution in [-0.2, 0) is 11.3 Å². The molecule has 0 aliphatic carbocycles. The molecule has 4 heteroatoms. The van der Waals surface area contributed by atoms with E-state index in [9.17, 15) is 10.1 Å². The minimum Gasteiger partial charge on any atom is -0.445 e. The predicted molar refractivity (Wildman–Crippen MR) is 87.0 cm³/mol. The fraction of sp³-hybridized carbons (Fsp3) is 0.556. The van der Waals surface area contributed by atoms with Gasteiger partial charge in [0, 0.05) is 12.5 Å². The second-order valence-electron chi connectivity index (χ2n) is 5.63. The van der Waals surface area contributed by atoms with Crippen molar-refractivity contribution in [1.82, 2.24) is 5.32 Å². The Morgan fingerprint density at radius 1 is 1.32 bits per heavy atom. The fourth-order valence-electron chi connectivity index (χ4n) is 2.42. The largest absolute Gasteiger partial charge is 0.445 e. The zero-order valence-electron chi connectivity index (χ0n) is 13.5. The molecule has 1 amide bonds. The van der Waals surface area contributed by atoms with Gasteiger partial charge in [-0.3, -0.25) is 0 Å². The van der Waals surface area contributed by atoms with Crippen LogP contribution in [0.25, 0.3) is 0 Å². The van der Waals surface area contributed by atoms with Crippen LogP contribution in [-0.4, -0.2) is 12.6 Å². The Kier molecular flexibility index (Phi) is 8.74. The lowest BCUT2D eigenvalue weighted by Crippen LogP contribution is -2.25. The number of amides is 1. The summed E-state index contributed by atoms with van der Waals surface area (Å²) in [5, 5.41) is 11.9. The average molecular weight is 302 g/mol. The molecule has 0 heterocycles. The van der Waals surface area contributed by atoms with Crippen molar-refractivity contribution in [3.05, 3.63) is 35.9 Å². The number of hydrogen-bond donors (Lipinski definition) is 1. The molecule has 1 rings (SSSR count). The summed E-state index contributed by atoms with van der Waals surface area (Å²) in [6.07, 6.45) is 3.39. The van der Waals surface area contributed by atoms with Gasteiger partial charge in [-0.25, -0.2) is 4.79 Å². The molecule has 1 N–H and O–H groups in total. The maximum Gasteiger partial charge on any atom is 0.407 e. The highest BCUT2D eigenvalue weighted by molar-refractivity contribution is 5.67. The van der Waals surface area contributed by atoms with Crippen LogP contribution in [0.1, 0.15) is 45.1 Å². The van der Waals surface area contributed by atoms with Gasteiger partial charge >= 0.3 is 6.09 Å². The lowest BCUT2D eigenvalue weighted by molar-refractivity contribution is 0.139. The SMILES string of the molecule is CCC[C@H](C)[C@H](C#N)CCCNC(=O)OCc1ccccc1. The highest BCUT2D eigenvalue weighted by Crippen LogP contribution is 2.20. The minimum atomic E-state index is -0.404. The quantitative estimate of drug-likeness (QED) is 0.693. The van der Waals surface area contributed by atoms with Gasteiger partial charge in [0.15, 0.2) is 0 Å². The first kappa shape index (κ1) is 18.0. The third kappa shape index (κ3) is 7.12. The molecule has 0 bridgehead atoms. The van der Waals surface area contributed by atoms with Crippen molar-refractivity contribution in [1.29, 1.82) is 5.26 Å². The van der Waals surface area contributed by atoms with Crippen molar-refractivity contribution in [2.75, 3.05) is 6.54 Å². The summed E-state index contributed by atoms with van der Waals surface area (Å²) in [5.74, 6) is 0.488. The highest BCUT2D eigenvalue weighted by atomic mass is 16.5. The van der Waals surface area contributed by atoms with Crippen molar-refractivity contribution < 1.29 is 9.53 Å². The predicted octanol–water partition coefficient (Wildman–Crippen LogP) is 4.27. The zero-order valence-corrected chi connectivity index (χ0v) is 13.5. The molecule has 0 fully saturated rings. The Balaban J connectivity index is 2.15. The average Bonchev–Trinajstić information content (AvgIpc) is 2.54. The molecule has 0 saturated heterocycles. The Morgan fingerprint density at radius 3 is 2.68 bits per heavy atom. The van der Waals surface area contributed by atoms with Gasteiger partial charge < -0.3 is 10.1 Å². The maximum atomic E-state index is 11.6. The standard InChI is InChI=1S/C18H26N2O2/c1-3-8-15(2)17(13-19)11-7-12-20-18(21)22-14-16-9-5-4-6-10-16/h4-6,9-10,15,17H,3,7-8,11-12,14H2,1-2H3,(H,20,21)/t15-,17-/m0/s1. The Morgan fingerprint density at radius 2 is 2.05 bits per heavy atom. The van der Waals surface area contributed by atoms with Crippen LogP contribution in [0.3, 0.4) is 0 Å². The first-order valence-electron chi connectivity index (χ1n) is 8.01. The van der Waals surface area contributed by atoms with E-state index >= 15 is 0 Å². The number of benzene rings is 1. The van der Waals surface area contributed by atoms with E-state index in [1.165, 1.54) is 0 Å². The van der Waals surface area contributed by atoms with Crippen LogP contribution in [0.4, 0.5) is 4.79 Å². The van der Waals surface area contributed by atoms with E-state index in [0.29, 0.717) is 12.5 Å². The number of nitriles is 1. The highest BCUT2D eigenvalue weighted by Gasteiger charge is 2.15.